The third-order valence-corrected chi connectivity index (χ3v) is 6.01. The zero-order chi connectivity index (χ0) is 23.9. The molecule has 0 saturated carbocycles. The van der Waals surface area contributed by atoms with Gasteiger partial charge in [0.15, 0.2) is 5.69 Å². The average Bonchev–Trinajstić information content (AvgIpc) is 3.28. The van der Waals surface area contributed by atoms with E-state index in [-0.39, 0.29) is 17.1 Å². The van der Waals surface area contributed by atoms with Crippen molar-refractivity contribution >= 4 is 16.8 Å². The van der Waals surface area contributed by atoms with E-state index in [0.717, 1.165) is 25.3 Å². The summed E-state index contributed by atoms with van der Waals surface area (Å²) in [6.45, 7) is 2.98. The Bertz CT molecular complexity index is 1360. The van der Waals surface area contributed by atoms with E-state index in [1.54, 1.807) is 48.5 Å². The third kappa shape index (κ3) is 4.02. The van der Waals surface area contributed by atoms with Crippen LogP contribution in [0.1, 0.15) is 41.0 Å². The van der Waals surface area contributed by atoms with Gasteiger partial charge in [-0.3, -0.25) is 14.8 Å². The molecule has 34 heavy (non-hydrogen) atoms. The molecule has 0 unspecified atom stereocenters. The number of aromatic nitrogens is 4. The largest absolute Gasteiger partial charge is 0.418 e. The predicted molar refractivity (Wildman–Crippen MR) is 122 cm³/mol. The summed E-state index contributed by atoms with van der Waals surface area (Å²) in [5.74, 6) is -0.186. The first-order chi connectivity index (χ1) is 16.3. The van der Waals surface area contributed by atoms with Gasteiger partial charge in [-0.2, -0.15) is 18.3 Å². The van der Waals surface area contributed by atoms with Crippen molar-refractivity contribution in [2.45, 2.75) is 32.4 Å². The SMILES string of the molecule is Cc1cc(-n2nc(C(=O)N3CCCCC3)cc2-c2cccnc2)c2cccc(C(F)(F)F)c2n1. The molecule has 3 aromatic heterocycles. The Morgan fingerprint density at radius 2 is 1.82 bits per heavy atom. The fourth-order valence-corrected chi connectivity index (χ4v) is 4.41. The number of amides is 1. The summed E-state index contributed by atoms with van der Waals surface area (Å²) in [5.41, 5.74) is 1.38. The highest BCUT2D eigenvalue weighted by atomic mass is 19.4. The molecule has 0 bridgehead atoms. The van der Waals surface area contributed by atoms with Gasteiger partial charge in [-0.15, -0.1) is 0 Å². The van der Waals surface area contributed by atoms with Crippen molar-refractivity contribution < 1.29 is 18.0 Å². The summed E-state index contributed by atoms with van der Waals surface area (Å²) in [5, 5.41) is 4.90. The Morgan fingerprint density at radius 3 is 2.53 bits per heavy atom. The number of piperidine rings is 1. The van der Waals surface area contributed by atoms with Crippen LogP contribution >= 0.6 is 0 Å². The number of rotatable bonds is 3. The number of para-hydroxylation sites is 1. The third-order valence-electron chi connectivity index (χ3n) is 6.01. The minimum absolute atomic E-state index is 0.151. The lowest BCUT2D eigenvalue weighted by Gasteiger charge is -2.25. The highest BCUT2D eigenvalue weighted by molar-refractivity contribution is 5.95. The van der Waals surface area contributed by atoms with Crippen molar-refractivity contribution in [2.75, 3.05) is 13.1 Å². The van der Waals surface area contributed by atoms with Crippen LogP contribution in [0.4, 0.5) is 13.2 Å². The Balaban J connectivity index is 1.73. The highest BCUT2D eigenvalue weighted by Crippen LogP contribution is 2.36. The number of benzene rings is 1. The van der Waals surface area contributed by atoms with Crippen LogP contribution in [0.25, 0.3) is 27.8 Å². The number of aryl methyl sites for hydroxylation is 1. The van der Waals surface area contributed by atoms with E-state index in [2.05, 4.69) is 15.1 Å². The van der Waals surface area contributed by atoms with E-state index < -0.39 is 11.7 Å². The number of nitrogens with zero attached hydrogens (tertiary/aromatic N) is 5. The van der Waals surface area contributed by atoms with Crippen molar-refractivity contribution in [1.29, 1.82) is 0 Å². The van der Waals surface area contributed by atoms with Crippen LogP contribution in [0.15, 0.2) is 54.9 Å². The zero-order valence-electron chi connectivity index (χ0n) is 18.5. The number of hydrogen-bond acceptors (Lipinski definition) is 4. The molecule has 9 heteroatoms. The second kappa shape index (κ2) is 8.55. The van der Waals surface area contributed by atoms with E-state index in [4.69, 9.17) is 0 Å². The Kier molecular flexibility index (Phi) is 5.55. The number of fused-ring (bicyclic) bond motifs is 1. The van der Waals surface area contributed by atoms with Gasteiger partial charge in [0, 0.05) is 42.1 Å². The molecule has 1 amide bonds. The Morgan fingerprint density at radius 1 is 1.03 bits per heavy atom. The van der Waals surface area contributed by atoms with Crippen LogP contribution in [-0.4, -0.2) is 43.6 Å². The van der Waals surface area contributed by atoms with Gasteiger partial charge in [0.25, 0.3) is 5.91 Å². The number of likely N-dealkylation sites (tertiary alicyclic amines) is 1. The molecule has 174 valence electrons. The molecular weight excluding hydrogens is 443 g/mol. The van der Waals surface area contributed by atoms with E-state index in [1.165, 1.54) is 10.7 Å². The quantitative estimate of drug-likeness (QED) is 0.404. The second-order valence-electron chi connectivity index (χ2n) is 8.40. The maximum absolute atomic E-state index is 13.7. The van der Waals surface area contributed by atoms with E-state index >= 15 is 0 Å². The van der Waals surface area contributed by atoms with Crippen molar-refractivity contribution in [3.63, 3.8) is 0 Å². The molecule has 1 aliphatic rings. The topological polar surface area (TPSA) is 63.9 Å². The number of carbonyl (C=O) groups excluding carboxylic acids is 1. The number of pyridine rings is 2. The number of hydrogen-bond donors (Lipinski definition) is 0. The van der Waals surface area contributed by atoms with E-state index in [9.17, 15) is 18.0 Å². The summed E-state index contributed by atoms with van der Waals surface area (Å²) in [6.07, 6.45) is 1.69. The fraction of sp³-hybridized carbons (Fsp3) is 0.280. The summed E-state index contributed by atoms with van der Waals surface area (Å²) in [6, 6.07) is 10.9. The predicted octanol–water partition coefficient (Wildman–Crippen LogP) is 5.44. The van der Waals surface area contributed by atoms with E-state index in [1.807, 2.05) is 6.07 Å². The molecule has 4 aromatic rings. The summed E-state index contributed by atoms with van der Waals surface area (Å²) < 4.78 is 42.7. The summed E-state index contributed by atoms with van der Waals surface area (Å²) in [7, 11) is 0. The van der Waals surface area contributed by atoms with Gasteiger partial charge in [-0.1, -0.05) is 12.1 Å². The molecule has 1 fully saturated rings. The first kappa shape index (κ1) is 22.1. The maximum Gasteiger partial charge on any atom is 0.418 e. The lowest BCUT2D eigenvalue weighted by molar-refractivity contribution is -0.136. The minimum Gasteiger partial charge on any atom is -0.337 e. The standard InChI is InChI=1S/C25H22F3N5O/c1-16-13-22(18-8-5-9-19(23(18)30-16)25(26,27)28)33-21(17-7-6-10-29-15-17)14-20(31-33)24(34)32-11-3-2-4-12-32/h5-10,13-15H,2-4,11-12H2,1H3. The van der Waals surface area contributed by atoms with Crippen LogP contribution in [0.5, 0.6) is 0 Å². The lowest BCUT2D eigenvalue weighted by Crippen LogP contribution is -2.35. The van der Waals surface area contributed by atoms with Crippen LogP contribution in [0, 0.1) is 6.92 Å². The Labute approximate surface area is 194 Å². The molecule has 0 radical (unpaired) electrons. The van der Waals surface area contributed by atoms with Gasteiger partial charge in [-0.25, -0.2) is 4.68 Å². The fourth-order valence-electron chi connectivity index (χ4n) is 4.41. The first-order valence-electron chi connectivity index (χ1n) is 11.1. The Hall–Kier alpha value is -3.75. The van der Waals surface area contributed by atoms with Crippen LogP contribution in [0.2, 0.25) is 0 Å². The van der Waals surface area contributed by atoms with Crippen LogP contribution < -0.4 is 0 Å². The van der Waals surface area contributed by atoms with Gasteiger partial charge in [0.2, 0.25) is 0 Å². The zero-order valence-corrected chi connectivity index (χ0v) is 18.5. The monoisotopic (exact) mass is 465 g/mol. The summed E-state index contributed by atoms with van der Waals surface area (Å²) >= 11 is 0. The van der Waals surface area contributed by atoms with E-state index in [0.29, 0.717) is 41.1 Å². The molecule has 5 rings (SSSR count). The molecule has 1 aliphatic heterocycles. The van der Waals surface area contributed by atoms with Crippen molar-refractivity contribution in [1.82, 2.24) is 24.6 Å². The van der Waals surface area contributed by atoms with Gasteiger partial charge < -0.3 is 4.90 Å². The second-order valence-corrected chi connectivity index (χ2v) is 8.40. The molecular formula is C25H22F3N5O. The van der Waals surface area contributed by atoms with Crippen LogP contribution in [-0.2, 0) is 6.18 Å². The van der Waals surface area contributed by atoms with Gasteiger partial charge >= 0.3 is 6.18 Å². The van der Waals surface area contributed by atoms with Gasteiger partial charge in [-0.05, 0) is 56.5 Å². The molecule has 0 spiro atoms. The maximum atomic E-state index is 13.7. The van der Waals surface area contributed by atoms with Gasteiger partial charge in [0.1, 0.15) is 0 Å². The normalized spacial score (nSPS) is 14.5. The van der Waals surface area contributed by atoms with Crippen LogP contribution in [0.3, 0.4) is 0 Å². The smallest absolute Gasteiger partial charge is 0.337 e. The summed E-state index contributed by atoms with van der Waals surface area (Å²) in [4.78, 5) is 23.4. The molecule has 1 aromatic carbocycles. The molecule has 0 N–H and O–H groups in total. The van der Waals surface area contributed by atoms with Crippen molar-refractivity contribution in [3.05, 3.63) is 71.8 Å². The van der Waals surface area contributed by atoms with Crippen molar-refractivity contribution in [2.24, 2.45) is 0 Å². The molecule has 1 saturated heterocycles. The number of carbonyl (C=O) groups is 1. The van der Waals surface area contributed by atoms with Crippen molar-refractivity contribution in [3.8, 4) is 16.9 Å². The highest BCUT2D eigenvalue weighted by Gasteiger charge is 2.34. The number of halogens is 3. The molecule has 0 aliphatic carbocycles. The first-order valence-corrected chi connectivity index (χ1v) is 11.1. The minimum atomic E-state index is -4.55. The molecule has 6 nitrogen and oxygen atoms in total. The van der Waals surface area contributed by atoms with Gasteiger partial charge in [0.05, 0.1) is 22.5 Å². The lowest BCUT2D eigenvalue weighted by atomic mass is 10.1. The molecule has 4 heterocycles. The molecule has 0 atom stereocenters. The average molecular weight is 465 g/mol. The number of alkyl halides is 3.